The van der Waals surface area contributed by atoms with E-state index in [1.54, 1.807) is 12.2 Å². The first-order chi connectivity index (χ1) is 8.08. The van der Waals surface area contributed by atoms with E-state index < -0.39 is 5.25 Å². The van der Waals surface area contributed by atoms with Crippen LogP contribution in [0.2, 0.25) is 0 Å². The van der Waals surface area contributed by atoms with Crippen LogP contribution in [0.25, 0.3) is 0 Å². The number of carbonyl (C=O) groups excluding carboxylic acids is 2. The van der Waals surface area contributed by atoms with Crippen LogP contribution < -0.4 is 0 Å². The molecular weight excluding hydrogens is 238 g/mol. The van der Waals surface area contributed by atoms with E-state index in [-0.39, 0.29) is 11.9 Å². The number of esters is 1. The van der Waals surface area contributed by atoms with Gasteiger partial charge in [-0.05, 0) is 18.1 Å². The van der Waals surface area contributed by atoms with Crippen molar-refractivity contribution >= 4 is 29.9 Å². The molecule has 1 atom stereocenters. The van der Waals surface area contributed by atoms with Crippen LogP contribution in [0.4, 0.5) is 0 Å². The van der Waals surface area contributed by atoms with E-state index in [1.165, 1.54) is 18.0 Å². The summed E-state index contributed by atoms with van der Waals surface area (Å²) < 4.78 is 5.14. The monoisotopic (exact) mass is 251 g/mol. The summed E-state index contributed by atoms with van der Waals surface area (Å²) in [7, 11) is 0. The van der Waals surface area contributed by atoms with Crippen LogP contribution in [0.15, 0.2) is 27.6 Å². The Balaban J connectivity index is 2.03. The fourth-order valence-corrected chi connectivity index (χ4v) is 2.53. The quantitative estimate of drug-likeness (QED) is 0.717. The highest BCUT2D eigenvalue weighted by Gasteiger charge is 2.32. The third kappa shape index (κ3) is 2.66. The Morgan fingerprint density at radius 3 is 3.00 bits per heavy atom. The summed E-state index contributed by atoms with van der Waals surface area (Å²) in [5.74, 6) is -0.266. The van der Waals surface area contributed by atoms with Gasteiger partial charge in [0.25, 0.3) is 5.91 Å². The zero-order valence-corrected chi connectivity index (χ0v) is 10.5. The van der Waals surface area contributed by atoms with E-state index >= 15 is 0 Å². The normalized spacial score (nSPS) is 22.3. The summed E-state index contributed by atoms with van der Waals surface area (Å²) >= 11 is 1.34. The number of allylic oxidation sites excluding steroid dienone is 1. The largest absolute Gasteiger partial charge is 0.464 e. The maximum absolute atomic E-state index is 11.7. The van der Waals surface area contributed by atoms with Gasteiger partial charge in [-0.3, -0.25) is 9.59 Å². The van der Waals surface area contributed by atoms with Crippen LogP contribution >= 0.6 is 11.8 Å². The number of amides is 1. The van der Waals surface area contributed by atoms with Crippen molar-refractivity contribution in [1.82, 2.24) is 0 Å². The molecular formula is C12H13NO3S. The molecule has 0 saturated heterocycles. The van der Waals surface area contributed by atoms with Crippen LogP contribution in [-0.4, -0.2) is 29.9 Å². The molecule has 0 radical (unpaired) electrons. The number of thioether (sulfide) groups is 1. The zero-order chi connectivity index (χ0) is 12.4. The molecule has 90 valence electrons. The van der Waals surface area contributed by atoms with Gasteiger partial charge in [0, 0.05) is 11.1 Å². The highest BCUT2D eigenvalue weighted by molar-refractivity contribution is 8.05. The molecule has 0 spiro atoms. The first-order valence-corrected chi connectivity index (χ1v) is 6.30. The summed E-state index contributed by atoms with van der Waals surface area (Å²) in [5.41, 5.74) is 0.518. The average molecular weight is 251 g/mol. The van der Waals surface area contributed by atoms with Crippen molar-refractivity contribution < 1.29 is 14.3 Å². The van der Waals surface area contributed by atoms with Crippen molar-refractivity contribution in [3.63, 3.8) is 0 Å². The Bertz CT molecular complexity index is 449. The first-order valence-electron chi connectivity index (χ1n) is 5.42. The lowest BCUT2D eigenvalue weighted by molar-refractivity contribution is -0.143. The van der Waals surface area contributed by atoms with Gasteiger partial charge < -0.3 is 4.74 Å². The SMILES string of the molecule is CC(C)COC(=O)C1C=C2C(=O)N=CC=C2S1. The average Bonchev–Trinajstić information content (AvgIpc) is 2.71. The summed E-state index contributed by atoms with van der Waals surface area (Å²) in [6.45, 7) is 4.36. The van der Waals surface area contributed by atoms with Gasteiger partial charge in [0.05, 0.1) is 12.2 Å². The Morgan fingerprint density at radius 1 is 1.59 bits per heavy atom. The molecule has 4 nitrogen and oxygen atoms in total. The van der Waals surface area contributed by atoms with Crippen molar-refractivity contribution in [2.45, 2.75) is 19.1 Å². The summed E-state index contributed by atoms with van der Waals surface area (Å²) in [6, 6.07) is 0. The van der Waals surface area contributed by atoms with Gasteiger partial charge in [0.15, 0.2) is 0 Å². The number of ether oxygens (including phenoxy) is 1. The lowest BCUT2D eigenvalue weighted by atomic mass is 10.1. The second-order valence-corrected chi connectivity index (χ2v) is 5.44. The van der Waals surface area contributed by atoms with Crippen LogP contribution in [0.3, 0.4) is 0 Å². The highest BCUT2D eigenvalue weighted by atomic mass is 32.2. The Kier molecular flexibility index (Phi) is 3.47. The van der Waals surface area contributed by atoms with Crippen molar-refractivity contribution in [3.8, 4) is 0 Å². The van der Waals surface area contributed by atoms with Crippen LogP contribution in [0.5, 0.6) is 0 Å². The van der Waals surface area contributed by atoms with Crippen molar-refractivity contribution in [3.05, 3.63) is 22.6 Å². The van der Waals surface area contributed by atoms with Crippen molar-refractivity contribution in [2.75, 3.05) is 6.61 Å². The molecule has 1 amide bonds. The van der Waals surface area contributed by atoms with E-state index in [0.29, 0.717) is 18.1 Å². The number of rotatable bonds is 3. The lowest BCUT2D eigenvalue weighted by Crippen LogP contribution is -2.19. The Labute approximate surface area is 104 Å². The first kappa shape index (κ1) is 12.1. The summed E-state index contributed by atoms with van der Waals surface area (Å²) in [4.78, 5) is 27.6. The highest BCUT2D eigenvalue weighted by Crippen LogP contribution is 2.38. The minimum absolute atomic E-state index is 0.283. The minimum Gasteiger partial charge on any atom is -0.464 e. The van der Waals surface area contributed by atoms with Gasteiger partial charge in [-0.2, -0.15) is 0 Å². The minimum atomic E-state index is -0.416. The molecule has 0 aromatic heterocycles. The predicted octanol–water partition coefficient (Wildman–Crippen LogP) is 1.72. The van der Waals surface area contributed by atoms with E-state index in [9.17, 15) is 9.59 Å². The van der Waals surface area contributed by atoms with Gasteiger partial charge >= 0.3 is 5.97 Å². The molecule has 0 aromatic rings. The maximum atomic E-state index is 11.7. The third-order valence-corrected chi connectivity index (χ3v) is 3.47. The molecule has 0 saturated carbocycles. The fourth-order valence-electron chi connectivity index (χ4n) is 1.46. The van der Waals surface area contributed by atoms with Crippen LogP contribution in [0.1, 0.15) is 13.8 Å². The van der Waals surface area contributed by atoms with Gasteiger partial charge in [-0.25, -0.2) is 4.99 Å². The molecule has 0 N–H and O–H groups in total. The maximum Gasteiger partial charge on any atom is 0.323 e. The van der Waals surface area contributed by atoms with Gasteiger partial charge in [-0.15, -0.1) is 11.8 Å². The molecule has 5 heteroatoms. The molecule has 0 aliphatic carbocycles. The van der Waals surface area contributed by atoms with E-state index in [4.69, 9.17) is 4.74 Å². The van der Waals surface area contributed by atoms with E-state index in [2.05, 4.69) is 4.99 Å². The molecule has 2 heterocycles. The van der Waals surface area contributed by atoms with E-state index in [0.717, 1.165) is 4.91 Å². The fraction of sp³-hybridized carbons (Fsp3) is 0.417. The van der Waals surface area contributed by atoms with Gasteiger partial charge in [0.2, 0.25) is 0 Å². The zero-order valence-electron chi connectivity index (χ0n) is 9.67. The van der Waals surface area contributed by atoms with Gasteiger partial charge in [0.1, 0.15) is 5.25 Å². The molecule has 2 aliphatic heterocycles. The second kappa shape index (κ2) is 4.87. The predicted molar refractivity (Wildman–Crippen MR) is 66.8 cm³/mol. The molecule has 1 unspecified atom stereocenters. The smallest absolute Gasteiger partial charge is 0.323 e. The van der Waals surface area contributed by atoms with Crippen molar-refractivity contribution in [1.29, 1.82) is 0 Å². The van der Waals surface area contributed by atoms with Crippen LogP contribution in [-0.2, 0) is 14.3 Å². The molecule has 0 aromatic carbocycles. The number of hydrogen-bond acceptors (Lipinski definition) is 4. The Morgan fingerprint density at radius 2 is 2.35 bits per heavy atom. The van der Waals surface area contributed by atoms with Gasteiger partial charge in [-0.1, -0.05) is 13.8 Å². The Hall–Kier alpha value is -1.36. The lowest BCUT2D eigenvalue weighted by Gasteiger charge is -2.10. The molecule has 2 rings (SSSR count). The molecule has 17 heavy (non-hydrogen) atoms. The summed E-state index contributed by atoms with van der Waals surface area (Å²) in [6.07, 6.45) is 4.84. The number of nitrogens with zero attached hydrogens (tertiary/aromatic N) is 1. The van der Waals surface area contributed by atoms with Crippen LogP contribution in [0, 0.1) is 5.92 Å². The van der Waals surface area contributed by atoms with Crippen molar-refractivity contribution in [2.24, 2.45) is 10.9 Å². The molecule has 2 aliphatic rings. The number of dihydropyridines is 1. The third-order valence-electron chi connectivity index (χ3n) is 2.28. The number of hydrogen-bond donors (Lipinski definition) is 0. The standard InChI is InChI=1S/C12H13NO3S/c1-7(2)6-16-12(15)10-5-8-9(17-10)3-4-13-11(8)14/h3-5,7,10H,6H2,1-2H3. The second-order valence-electron chi connectivity index (χ2n) is 4.26. The van der Waals surface area contributed by atoms with E-state index in [1.807, 2.05) is 13.8 Å². The number of carbonyl (C=O) groups is 2. The number of fused-ring (bicyclic) bond motifs is 1. The molecule has 0 fully saturated rings. The molecule has 0 bridgehead atoms. The topological polar surface area (TPSA) is 55.7 Å². The summed E-state index contributed by atoms with van der Waals surface area (Å²) in [5, 5.41) is -0.416. The number of aliphatic imine (C=N–C) groups is 1.